The first-order valence-electron chi connectivity index (χ1n) is 8.20. The summed E-state index contributed by atoms with van der Waals surface area (Å²) in [6.45, 7) is 2.69. The zero-order chi connectivity index (χ0) is 22.0. The molecule has 2 rings (SSSR count). The molecule has 0 bridgehead atoms. The maximum Gasteiger partial charge on any atom is 0.418 e. The molecule has 2 aromatic rings. The Labute approximate surface area is 168 Å². The molecule has 0 aliphatic heterocycles. The topological polar surface area (TPSA) is 91.6 Å². The van der Waals surface area contributed by atoms with Gasteiger partial charge in [-0.05, 0) is 32.0 Å². The summed E-state index contributed by atoms with van der Waals surface area (Å²) in [6.07, 6.45) is -4.43. The average molecular weight is 433 g/mol. The van der Waals surface area contributed by atoms with Crippen LogP contribution in [-0.2, 0) is 21.1 Å². The Morgan fingerprint density at radius 3 is 2.48 bits per heavy atom. The molecular formula is C18H16ClF3N2O5. The molecule has 0 radical (unpaired) electrons. The molecule has 1 heterocycles. The van der Waals surface area contributed by atoms with Crippen LogP contribution < -0.4 is 4.74 Å². The zero-order valence-corrected chi connectivity index (χ0v) is 16.3. The van der Waals surface area contributed by atoms with Crippen LogP contribution in [-0.4, -0.2) is 29.6 Å². The molecule has 0 spiro atoms. The molecule has 0 N–H and O–H groups in total. The van der Waals surface area contributed by atoms with Gasteiger partial charge in [0.15, 0.2) is 0 Å². The number of ether oxygens (including phenoxy) is 2. The lowest BCUT2D eigenvalue weighted by Crippen LogP contribution is -2.38. The van der Waals surface area contributed by atoms with E-state index in [0.29, 0.717) is 12.3 Å². The molecular weight excluding hydrogens is 417 g/mol. The fraction of sp³-hybridized carbons (Fsp3) is 0.333. The van der Waals surface area contributed by atoms with Crippen molar-refractivity contribution in [2.24, 2.45) is 0 Å². The lowest BCUT2D eigenvalue weighted by atomic mass is 9.77. The molecule has 0 saturated heterocycles. The van der Waals surface area contributed by atoms with Crippen molar-refractivity contribution in [3.8, 4) is 5.75 Å². The molecule has 1 aromatic carbocycles. The summed E-state index contributed by atoms with van der Waals surface area (Å²) < 4.78 is 49.4. The molecule has 1 atom stereocenters. The van der Waals surface area contributed by atoms with Gasteiger partial charge in [-0.25, -0.2) is 0 Å². The average Bonchev–Trinajstić information content (AvgIpc) is 2.66. The largest absolute Gasteiger partial charge is 0.496 e. The molecule has 0 aliphatic rings. The van der Waals surface area contributed by atoms with Crippen LogP contribution in [0.1, 0.15) is 30.7 Å². The first kappa shape index (κ1) is 22.4. The summed E-state index contributed by atoms with van der Waals surface area (Å²) in [5.41, 5.74) is -4.76. The van der Waals surface area contributed by atoms with E-state index in [1.807, 2.05) is 0 Å². The van der Waals surface area contributed by atoms with E-state index in [4.69, 9.17) is 21.1 Å². The van der Waals surface area contributed by atoms with E-state index in [1.54, 1.807) is 0 Å². The highest BCUT2D eigenvalue weighted by Gasteiger charge is 2.48. The first-order chi connectivity index (χ1) is 13.5. The number of nitrogens with zero attached hydrogens (tertiary/aromatic N) is 2. The van der Waals surface area contributed by atoms with E-state index in [2.05, 4.69) is 4.98 Å². The van der Waals surface area contributed by atoms with Crippen LogP contribution in [0.3, 0.4) is 0 Å². The number of esters is 1. The van der Waals surface area contributed by atoms with Crippen molar-refractivity contribution in [3.63, 3.8) is 0 Å². The fourth-order valence-electron chi connectivity index (χ4n) is 2.81. The van der Waals surface area contributed by atoms with Crippen LogP contribution in [0.4, 0.5) is 18.9 Å². The Morgan fingerprint density at radius 2 is 1.97 bits per heavy atom. The van der Waals surface area contributed by atoms with Gasteiger partial charge in [-0.2, -0.15) is 13.2 Å². The second kappa shape index (κ2) is 8.24. The number of nitro groups is 1. The number of pyridine rings is 1. The van der Waals surface area contributed by atoms with E-state index in [9.17, 15) is 28.1 Å². The molecule has 1 aromatic heterocycles. The third-order valence-electron chi connectivity index (χ3n) is 4.25. The number of rotatable bonds is 6. The van der Waals surface area contributed by atoms with E-state index < -0.39 is 39.4 Å². The third-order valence-corrected chi connectivity index (χ3v) is 4.48. The molecule has 0 aliphatic carbocycles. The van der Waals surface area contributed by atoms with Crippen LogP contribution in [0, 0.1) is 10.1 Å². The van der Waals surface area contributed by atoms with E-state index >= 15 is 0 Å². The molecule has 7 nitrogen and oxygen atoms in total. The van der Waals surface area contributed by atoms with Gasteiger partial charge in [0.25, 0.3) is 5.69 Å². The summed E-state index contributed by atoms with van der Waals surface area (Å²) in [5.74, 6) is -0.836. The number of benzene rings is 1. The quantitative estimate of drug-likeness (QED) is 0.378. The monoisotopic (exact) mass is 432 g/mol. The van der Waals surface area contributed by atoms with Gasteiger partial charge in [0.2, 0.25) is 0 Å². The lowest BCUT2D eigenvalue weighted by molar-refractivity contribution is -0.386. The molecule has 11 heteroatoms. The molecule has 0 amide bonds. The van der Waals surface area contributed by atoms with Gasteiger partial charge in [0.1, 0.15) is 16.9 Å². The van der Waals surface area contributed by atoms with Gasteiger partial charge in [-0.1, -0.05) is 11.6 Å². The molecule has 0 fully saturated rings. The predicted molar refractivity (Wildman–Crippen MR) is 97.0 cm³/mol. The minimum atomic E-state index is -4.86. The highest BCUT2D eigenvalue weighted by Crippen LogP contribution is 2.43. The van der Waals surface area contributed by atoms with Crippen molar-refractivity contribution in [1.82, 2.24) is 4.98 Å². The molecule has 0 saturated carbocycles. The van der Waals surface area contributed by atoms with Crippen molar-refractivity contribution in [3.05, 3.63) is 62.4 Å². The Hall–Kier alpha value is -2.88. The normalized spacial score (nSPS) is 13.5. The summed E-state index contributed by atoms with van der Waals surface area (Å²) in [5, 5.41) is 11.7. The van der Waals surface area contributed by atoms with Gasteiger partial charge < -0.3 is 9.47 Å². The van der Waals surface area contributed by atoms with Crippen molar-refractivity contribution in [2.75, 3.05) is 13.7 Å². The van der Waals surface area contributed by atoms with Crippen LogP contribution >= 0.6 is 11.6 Å². The van der Waals surface area contributed by atoms with Crippen LogP contribution in [0.25, 0.3) is 0 Å². The number of alkyl halides is 3. The SMILES string of the molecule is CCOC(=O)C(C)(c1cc(Cl)ccc1OC)c1ncc(C(F)(F)F)cc1[N+](=O)[O-]. The van der Waals surface area contributed by atoms with Gasteiger partial charge >= 0.3 is 12.1 Å². The third kappa shape index (κ3) is 4.26. The molecule has 156 valence electrons. The Balaban J connectivity index is 2.90. The number of halogens is 4. The highest BCUT2D eigenvalue weighted by molar-refractivity contribution is 6.30. The fourth-order valence-corrected chi connectivity index (χ4v) is 2.99. The predicted octanol–water partition coefficient (Wildman–Crippen LogP) is 4.54. The van der Waals surface area contributed by atoms with E-state index in [1.165, 1.54) is 39.2 Å². The van der Waals surface area contributed by atoms with Crippen LogP contribution in [0.5, 0.6) is 5.75 Å². The van der Waals surface area contributed by atoms with Gasteiger partial charge in [-0.15, -0.1) is 0 Å². The summed E-state index contributed by atoms with van der Waals surface area (Å²) >= 11 is 6.03. The maximum atomic E-state index is 13.0. The van der Waals surface area contributed by atoms with Crippen molar-refractivity contribution < 1.29 is 32.4 Å². The van der Waals surface area contributed by atoms with Crippen molar-refractivity contribution in [1.29, 1.82) is 0 Å². The number of carbonyl (C=O) groups excluding carboxylic acids is 1. The number of hydrogen-bond acceptors (Lipinski definition) is 6. The van der Waals surface area contributed by atoms with Gasteiger partial charge in [-0.3, -0.25) is 19.9 Å². The zero-order valence-electron chi connectivity index (χ0n) is 15.5. The second-order valence-corrected chi connectivity index (χ2v) is 6.47. The second-order valence-electron chi connectivity index (χ2n) is 6.04. The highest BCUT2D eigenvalue weighted by atomic mass is 35.5. The lowest BCUT2D eigenvalue weighted by Gasteiger charge is -2.28. The Bertz CT molecular complexity index is 952. The van der Waals surface area contributed by atoms with Gasteiger partial charge in [0.05, 0.1) is 24.2 Å². The van der Waals surface area contributed by atoms with E-state index in [0.717, 1.165) is 0 Å². The summed E-state index contributed by atoms with van der Waals surface area (Å²) in [4.78, 5) is 27.1. The minimum Gasteiger partial charge on any atom is -0.496 e. The summed E-state index contributed by atoms with van der Waals surface area (Å²) in [7, 11) is 1.30. The minimum absolute atomic E-state index is 0.0568. The number of hydrogen-bond donors (Lipinski definition) is 0. The molecule has 1 unspecified atom stereocenters. The molecule has 29 heavy (non-hydrogen) atoms. The van der Waals surface area contributed by atoms with Crippen molar-refractivity contribution in [2.45, 2.75) is 25.4 Å². The smallest absolute Gasteiger partial charge is 0.418 e. The number of carbonyl (C=O) groups is 1. The first-order valence-corrected chi connectivity index (χ1v) is 8.57. The van der Waals surface area contributed by atoms with Gasteiger partial charge in [0, 0.05) is 22.8 Å². The Morgan fingerprint density at radius 1 is 1.31 bits per heavy atom. The number of methoxy groups -OCH3 is 1. The summed E-state index contributed by atoms with van der Waals surface area (Å²) in [6, 6.07) is 4.53. The van der Waals surface area contributed by atoms with Crippen LogP contribution in [0.15, 0.2) is 30.5 Å². The van der Waals surface area contributed by atoms with Crippen LogP contribution in [0.2, 0.25) is 5.02 Å². The number of aromatic nitrogens is 1. The van der Waals surface area contributed by atoms with E-state index in [-0.39, 0.29) is 22.9 Å². The standard InChI is InChI=1S/C18H16ClF3N2O5/c1-4-29-16(25)17(2,12-8-11(19)5-6-14(12)28-3)15-13(24(26)27)7-10(9-23-15)18(20,21)22/h5-9H,4H2,1-3H3. The Kier molecular flexibility index (Phi) is 6.37. The maximum absolute atomic E-state index is 13.0. The van der Waals surface area contributed by atoms with Crippen molar-refractivity contribution >= 4 is 23.3 Å².